The van der Waals surface area contributed by atoms with Crippen molar-refractivity contribution in [2.45, 2.75) is 34.2 Å². The summed E-state index contributed by atoms with van der Waals surface area (Å²) in [5.74, 6) is 0. The molecule has 3 aromatic rings. The predicted molar refractivity (Wildman–Crippen MR) is 83.0 cm³/mol. The van der Waals surface area contributed by atoms with Gasteiger partial charge in [-0.1, -0.05) is 17.7 Å². The van der Waals surface area contributed by atoms with E-state index < -0.39 is 0 Å². The molecular weight excluding hydrogens is 264 g/mol. The van der Waals surface area contributed by atoms with Crippen LogP contribution in [0.25, 0.3) is 16.6 Å². The summed E-state index contributed by atoms with van der Waals surface area (Å²) in [7, 11) is 0. The molecule has 2 aromatic heterocycles. The summed E-state index contributed by atoms with van der Waals surface area (Å²) in [5, 5.41) is 9.54. The van der Waals surface area contributed by atoms with Gasteiger partial charge in [-0.3, -0.25) is 4.79 Å². The lowest BCUT2D eigenvalue weighted by Crippen LogP contribution is -2.24. The van der Waals surface area contributed by atoms with Gasteiger partial charge in [0.05, 0.1) is 17.6 Å². The number of aryl methyl sites for hydroxylation is 4. The summed E-state index contributed by atoms with van der Waals surface area (Å²) in [4.78, 5) is 12.6. The molecule has 21 heavy (non-hydrogen) atoms. The lowest BCUT2D eigenvalue weighted by Gasteiger charge is -2.09. The molecule has 0 amide bonds. The summed E-state index contributed by atoms with van der Waals surface area (Å²) >= 11 is 0. The minimum atomic E-state index is -0.101. The largest absolute Gasteiger partial charge is 0.293 e. The van der Waals surface area contributed by atoms with E-state index in [4.69, 9.17) is 0 Å². The first-order valence-corrected chi connectivity index (χ1v) is 7.06. The monoisotopic (exact) mass is 282 g/mol. The Labute approximate surface area is 122 Å². The minimum absolute atomic E-state index is 0.101. The Morgan fingerprint density at radius 3 is 2.62 bits per heavy atom. The third-order valence-electron chi connectivity index (χ3n) is 3.75. The van der Waals surface area contributed by atoms with Crippen molar-refractivity contribution in [3.63, 3.8) is 0 Å². The molecule has 0 N–H and O–H groups in total. The SMILES string of the molecule is CCn1nc(C)c2cnn(-c3ccc(C)cc3C)c2c1=O. The van der Waals surface area contributed by atoms with Gasteiger partial charge in [0.15, 0.2) is 0 Å². The number of benzene rings is 1. The zero-order valence-electron chi connectivity index (χ0n) is 12.7. The van der Waals surface area contributed by atoms with Crippen LogP contribution in [0.4, 0.5) is 0 Å². The van der Waals surface area contributed by atoms with Crippen molar-refractivity contribution in [2.24, 2.45) is 0 Å². The lowest BCUT2D eigenvalue weighted by molar-refractivity contribution is 0.612. The molecule has 0 spiro atoms. The fourth-order valence-corrected chi connectivity index (χ4v) is 2.66. The van der Waals surface area contributed by atoms with E-state index in [2.05, 4.69) is 23.2 Å². The molecule has 1 aromatic carbocycles. The first kappa shape index (κ1) is 13.5. The smallest absolute Gasteiger partial charge is 0.265 e. The van der Waals surface area contributed by atoms with Crippen LogP contribution < -0.4 is 5.56 Å². The normalized spacial score (nSPS) is 11.2. The van der Waals surface area contributed by atoms with Crippen molar-refractivity contribution in [1.29, 1.82) is 0 Å². The summed E-state index contributed by atoms with van der Waals surface area (Å²) in [5.41, 5.74) is 4.53. The zero-order valence-corrected chi connectivity index (χ0v) is 12.7. The van der Waals surface area contributed by atoms with Gasteiger partial charge in [0.1, 0.15) is 5.52 Å². The highest BCUT2D eigenvalue weighted by molar-refractivity contribution is 5.81. The summed E-state index contributed by atoms with van der Waals surface area (Å²) in [6.07, 6.45) is 1.72. The van der Waals surface area contributed by atoms with Crippen LogP contribution in [0.1, 0.15) is 23.7 Å². The van der Waals surface area contributed by atoms with Gasteiger partial charge in [-0.25, -0.2) is 9.36 Å². The van der Waals surface area contributed by atoms with Crippen molar-refractivity contribution in [1.82, 2.24) is 19.6 Å². The second-order valence-electron chi connectivity index (χ2n) is 5.31. The number of nitrogens with zero attached hydrogens (tertiary/aromatic N) is 4. The van der Waals surface area contributed by atoms with Crippen LogP contribution >= 0.6 is 0 Å². The molecule has 108 valence electrons. The fourth-order valence-electron chi connectivity index (χ4n) is 2.66. The third kappa shape index (κ3) is 2.05. The Morgan fingerprint density at radius 1 is 1.19 bits per heavy atom. The molecule has 0 aliphatic heterocycles. The van der Waals surface area contributed by atoms with Crippen LogP contribution in [0.5, 0.6) is 0 Å². The first-order valence-electron chi connectivity index (χ1n) is 7.06. The maximum Gasteiger partial charge on any atom is 0.293 e. The molecule has 0 atom stereocenters. The second-order valence-corrected chi connectivity index (χ2v) is 5.31. The highest BCUT2D eigenvalue weighted by atomic mass is 16.1. The fraction of sp³-hybridized carbons (Fsp3) is 0.312. The molecule has 3 rings (SSSR count). The Morgan fingerprint density at radius 2 is 1.95 bits per heavy atom. The van der Waals surface area contributed by atoms with Gasteiger partial charge in [-0.05, 0) is 39.3 Å². The maximum absolute atomic E-state index is 12.6. The summed E-state index contributed by atoms with van der Waals surface area (Å²) < 4.78 is 3.21. The Kier molecular flexibility index (Phi) is 3.12. The molecule has 5 nitrogen and oxygen atoms in total. The van der Waals surface area contributed by atoms with Gasteiger partial charge in [0.25, 0.3) is 5.56 Å². The van der Waals surface area contributed by atoms with Crippen molar-refractivity contribution < 1.29 is 0 Å². The zero-order chi connectivity index (χ0) is 15.1. The average molecular weight is 282 g/mol. The molecule has 0 radical (unpaired) electrons. The molecule has 5 heteroatoms. The van der Waals surface area contributed by atoms with E-state index in [1.807, 2.05) is 32.9 Å². The van der Waals surface area contributed by atoms with Crippen molar-refractivity contribution in [3.8, 4) is 5.69 Å². The summed E-state index contributed by atoms with van der Waals surface area (Å²) in [6, 6.07) is 6.13. The first-order chi connectivity index (χ1) is 10.0. The van der Waals surface area contributed by atoms with E-state index in [0.717, 1.165) is 22.3 Å². The molecule has 0 unspecified atom stereocenters. The number of rotatable bonds is 2. The number of hydrogen-bond donors (Lipinski definition) is 0. The van der Waals surface area contributed by atoms with E-state index in [-0.39, 0.29) is 5.56 Å². The van der Waals surface area contributed by atoms with E-state index >= 15 is 0 Å². The van der Waals surface area contributed by atoms with Crippen molar-refractivity contribution >= 4 is 10.9 Å². The van der Waals surface area contributed by atoms with E-state index in [1.54, 1.807) is 10.9 Å². The van der Waals surface area contributed by atoms with Crippen LogP contribution in [0, 0.1) is 20.8 Å². The molecule has 0 aliphatic carbocycles. The van der Waals surface area contributed by atoms with Gasteiger partial charge in [0, 0.05) is 11.9 Å². The quantitative estimate of drug-likeness (QED) is 0.725. The maximum atomic E-state index is 12.6. The minimum Gasteiger partial charge on any atom is -0.265 e. The average Bonchev–Trinajstić information content (AvgIpc) is 2.88. The Balaban J connectivity index is 2.39. The number of hydrogen-bond acceptors (Lipinski definition) is 3. The van der Waals surface area contributed by atoms with Crippen LogP contribution in [0.3, 0.4) is 0 Å². The topological polar surface area (TPSA) is 52.7 Å². The summed E-state index contributed by atoms with van der Waals surface area (Å²) in [6.45, 7) is 8.45. The molecule has 0 aliphatic rings. The van der Waals surface area contributed by atoms with Crippen molar-refractivity contribution in [3.05, 3.63) is 51.6 Å². The van der Waals surface area contributed by atoms with E-state index in [1.165, 1.54) is 10.2 Å². The highest BCUT2D eigenvalue weighted by Gasteiger charge is 2.15. The van der Waals surface area contributed by atoms with Crippen molar-refractivity contribution in [2.75, 3.05) is 0 Å². The van der Waals surface area contributed by atoms with Crippen LogP contribution in [-0.2, 0) is 6.54 Å². The van der Waals surface area contributed by atoms with E-state index in [0.29, 0.717) is 12.1 Å². The molecule has 2 heterocycles. The Hall–Kier alpha value is -2.43. The molecule has 0 fully saturated rings. The second kappa shape index (κ2) is 4.84. The van der Waals surface area contributed by atoms with Gasteiger partial charge in [-0.15, -0.1) is 0 Å². The van der Waals surface area contributed by atoms with Gasteiger partial charge in [0.2, 0.25) is 0 Å². The number of aromatic nitrogens is 4. The molecular formula is C16H18N4O. The number of fused-ring (bicyclic) bond motifs is 1. The molecule has 0 saturated heterocycles. The van der Waals surface area contributed by atoms with Crippen LogP contribution in [-0.4, -0.2) is 19.6 Å². The van der Waals surface area contributed by atoms with E-state index in [9.17, 15) is 4.79 Å². The third-order valence-corrected chi connectivity index (χ3v) is 3.75. The Bertz CT molecular complexity index is 889. The van der Waals surface area contributed by atoms with Gasteiger partial charge in [-0.2, -0.15) is 10.2 Å². The lowest BCUT2D eigenvalue weighted by atomic mass is 10.1. The molecule has 0 bridgehead atoms. The van der Waals surface area contributed by atoms with Crippen LogP contribution in [0.15, 0.2) is 29.2 Å². The van der Waals surface area contributed by atoms with Gasteiger partial charge >= 0.3 is 0 Å². The highest BCUT2D eigenvalue weighted by Crippen LogP contribution is 2.20. The standard InChI is InChI=1S/C16H18N4O/c1-5-19-16(21)15-13(12(4)18-19)9-17-20(15)14-7-6-10(2)8-11(14)3/h6-9H,5H2,1-4H3. The van der Waals surface area contributed by atoms with Crippen LogP contribution in [0.2, 0.25) is 0 Å². The van der Waals surface area contributed by atoms with Gasteiger partial charge < -0.3 is 0 Å². The molecule has 0 saturated carbocycles. The predicted octanol–water partition coefficient (Wildman–Crippen LogP) is 2.53.